The van der Waals surface area contributed by atoms with Gasteiger partial charge >= 0.3 is 0 Å². The molecule has 1 aromatic heterocycles. The third-order valence-corrected chi connectivity index (χ3v) is 4.22. The summed E-state index contributed by atoms with van der Waals surface area (Å²) in [6, 6.07) is 7.41. The zero-order valence-corrected chi connectivity index (χ0v) is 13.9. The Morgan fingerprint density at radius 2 is 2.29 bits per heavy atom. The average molecular weight is 329 g/mol. The molecule has 0 radical (unpaired) electrons. The maximum Gasteiger partial charge on any atom is 0.256 e. The molecular formula is C18H23N3O3. The van der Waals surface area contributed by atoms with Gasteiger partial charge in [0.15, 0.2) is 0 Å². The summed E-state index contributed by atoms with van der Waals surface area (Å²) < 4.78 is 5.58. The zero-order chi connectivity index (χ0) is 16.9. The first-order chi connectivity index (χ1) is 11.7. The molecule has 1 aromatic carbocycles. The van der Waals surface area contributed by atoms with Gasteiger partial charge in [-0.25, -0.2) is 4.98 Å². The number of aromatic nitrogens is 1. The third kappa shape index (κ3) is 3.76. The number of carbonyl (C=O) groups is 1. The number of hydrogen-bond acceptors (Lipinski definition) is 5. The summed E-state index contributed by atoms with van der Waals surface area (Å²) in [6.07, 6.45) is 3.69. The minimum Gasteiger partial charge on any atom is -0.444 e. The number of nitrogens with one attached hydrogen (secondary N) is 1. The molecule has 2 N–H and O–H groups in total. The Kier molecular flexibility index (Phi) is 5.15. The molecule has 24 heavy (non-hydrogen) atoms. The summed E-state index contributed by atoms with van der Waals surface area (Å²) in [5.41, 5.74) is 1.35. The van der Waals surface area contributed by atoms with Crippen molar-refractivity contribution in [1.82, 2.24) is 9.88 Å². The molecule has 1 amide bonds. The number of benzene rings is 1. The van der Waals surface area contributed by atoms with Crippen molar-refractivity contribution >= 4 is 11.6 Å². The van der Waals surface area contributed by atoms with Crippen molar-refractivity contribution in [3.63, 3.8) is 0 Å². The van der Waals surface area contributed by atoms with E-state index in [4.69, 9.17) is 4.42 Å². The second-order valence-electron chi connectivity index (χ2n) is 6.02. The number of piperidine rings is 1. The van der Waals surface area contributed by atoms with Crippen molar-refractivity contribution in [2.75, 3.05) is 18.4 Å². The largest absolute Gasteiger partial charge is 0.444 e. The fourth-order valence-corrected chi connectivity index (χ4v) is 2.90. The van der Waals surface area contributed by atoms with Gasteiger partial charge in [-0.1, -0.05) is 19.1 Å². The van der Waals surface area contributed by atoms with Gasteiger partial charge in [0, 0.05) is 25.2 Å². The van der Waals surface area contributed by atoms with Gasteiger partial charge in [-0.3, -0.25) is 4.79 Å². The lowest BCUT2D eigenvalue weighted by Gasteiger charge is -2.30. The van der Waals surface area contributed by atoms with Crippen molar-refractivity contribution in [3.05, 3.63) is 47.7 Å². The van der Waals surface area contributed by atoms with Crippen LogP contribution in [-0.2, 0) is 13.0 Å². The monoisotopic (exact) mass is 329 g/mol. The van der Waals surface area contributed by atoms with Crippen molar-refractivity contribution in [2.45, 2.75) is 38.8 Å². The van der Waals surface area contributed by atoms with Gasteiger partial charge in [0.1, 0.15) is 5.76 Å². The van der Waals surface area contributed by atoms with E-state index in [2.05, 4.69) is 10.3 Å². The highest BCUT2D eigenvalue weighted by Gasteiger charge is 2.24. The number of amides is 1. The first kappa shape index (κ1) is 16.5. The predicted octanol–water partition coefficient (Wildman–Crippen LogP) is 2.45. The molecule has 128 valence electrons. The molecule has 0 spiro atoms. The lowest BCUT2D eigenvalue weighted by atomic mass is 10.1. The topological polar surface area (TPSA) is 78.6 Å². The molecule has 1 aliphatic rings. The average Bonchev–Trinajstić information content (AvgIpc) is 3.08. The number of aliphatic hydroxyl groups is 1. The molecule has 1 aliphatic heterocycles. The third-order valence-electron chi connectivity index (χ3n) is 4.22. The second kappa shape index (κ2) is 7.49. The fourth-order valence-electron chi connectivity index (χ4n) is 2.90. The molecule has 1 fully saturated rings. The fraction of sp³-hybridized carbons (Fsp3) is 0.444. The number of nitrogens with zero attached hydrogens (tertiary/aromatic N) is 2. The number of aryl methyl sites for hydroxylation is 1. The standard InChI is InChI=1S/C18H23N3O3/c1-2-14-10-20-17(24-14)11-19-16-8-4-3-7-15(16)18(23)21-9-5-6-13(22)12-21/h3-4,7-8,10,13,19,22H,2,5-6,9,11-12H2,1H3. The predicted molar refractivity (Wildman–Crippen MR) is 90.8 cm³/mol. The summed E-state index contributed by atoms with van der Waals surface area (Å²) in [5, 5.41) is 13.0. The molecule has 1 unspecified atom stereocenters. The highest BCUT2D eigenvalue weighted by atomic mass is 16.4. The van der Waals surface area contributed by atoms with E-state index >= 15 is 0 Å². The van der Waals surface area contributed by atoms with Gasteiger partial charge in [0.25, 0.3) is 5.91 Å². The van der Waals surface area contributed by atoms with E-state index in [9.17, 15) is 9.90 Å². The van der Waals surface area contributed by atoms with E-state index in [-0.39, 0.29) is 5.91 Å². The van der Waals surface area contributed by atoms with Gasteiger partial charge in [-0.2, -0.15) is 0 Å². The molecule has 0 saturated carbocycles. The van der Waals surface area contributed by atoms with Crippen LogP contribution < -0.4 is 5.32 Å². The number of oxazole rings is 1. The van der Waals surface area contributed by atoms with E-state index < -0.39 is 6.10 Å². The molecule has 1 atom stereocenters. The van der Waals surface area contributed by atoms with Gasteiger partial charge < -0.3 is 19.7 Å². The molecule has 3 rings (SSSR count). The summed E-state index contributed by atoms with van der Waals surface area (Å²) >= 11 is 0. The Labute approximate surface area is 141 Å². The van der Waals surface area contributed by atoms with Gasteiger partial charge in [-0.05, 0) is 25.0 Å². The first-order valence-corrected chi connectivity index (χ1v) is 8.41. The summed E-state index contributed by atoms with van der Waals surface area (Å²) in [6.45, 7) is 3.52. The minimum atomic E-state index is -0.428. The maximum atomic E-state index is 12.8. The van der Waals surface area contributed by atoms with Crippen LogP contribution in [0.2, 0.25) is 0 Å². The number of anilines is 1. The van der Waals surface area contributed by atoms with Gasteiger partial charge in [-0.15, -0.1) is 0 Å². The number of β-amino-alcohol motifs (C(OH)–C–C–N with tert-alkyl or cyclic N) is 1. The normalized spacial score (nSPS) is 17.8. The molecule has 0 bridgehead atoms. The molecular weight excluding hydrogens is 306 g/mol. The molecule has 6 nitrogen and oxygen atoms in total. The van der Waals surface area contributed by atoms with Crippen molar-refractivity contribution in [3.8, 4) is 0 Å². The van der Waals surface area contributed by atoms with Crippen LogP contribution in [0.15, 0.2) is 34.9 Å². The SMILES string of the molecule is CCc1cnc(CNc2ccccc2C(=O)N2CCCC(O)C2)o1. The summed E-state index contributed by atoms with van der Waals surface area (Å²) in [5.74, 6) is 1.39. The Morgan fingerprint density at radius 3 is 3.04 bits per heavy atom. The van der Waals surface area contributed by atoms with Crippen molar-refractivity contribution in [2.24, 2.45) is 0 Å². The van der Waals surface area contributed by atoms with E-state index in [1.807, 2.05) is 25.1 Å². The van der Waals surface area contributed by atoms with Crippen LogP contribution in [0.3, 0.4) is 0 Å². The van der Waals surface area contributed by atoms with Gasteiger partial charge in [0.05, 0.1) is 24.4 Å². The van der Waals surface area contributed by atoms with E-state index in [1.54, 1.807) is 17.2 Å². The van der Waals surface area contributed by atoms with Crippen molar-refractivity contribution < 1.29 is 14.3 Å². The number of hydrogen-bond donors (Lipinski definition) is 2. The van der Waals surface area contributed by atoms with Crippen LogP contribution in [0.4, 0.5) is 5.69 Å². The van der Waals surface area contributed by atoms with Crippen LogP contribution in [0.1, 0.15) is 41.8 Å². The first-order valence-electron chi connectivity index (χ1n) is 8.41. The lowest BCUT2D eigenvalue weighted by molar-refractivity contribution is 0.0474. The molecule has 6 heteroatoms. The lowest BCUT2D eigenvalue weighted by Crippen LogP contribution is -2.42. The number of likely N-dealkylation sites (tertiary alicyclic amines) is 1. The quantitative estimate of drug-likeness (QED) is 0.881. The Hall–Kier alpha value is -2.34. The molecule has 1 saturated heterocycles. The number of carbonyl (C=O) groups excluding carboxylic acids is 1. The van der Waals surface area contributed by atoms with E-state index in [1.165, 1.54) is 0 Å². The Bertz CT molecular complexity index is 698. The van der Waals surface area contributed by atoms with E-state index in [0.29, 0.717) is 31.1 Å². The highest BCUT2D eigenvalue weighted by molar-refractivity contribution is 5.99. The van der Waals surface area contributed by atoms with Crippen LogP contribution in [-0.4, -0.2) is 40.1 Å². The number of para-hydroxylation sites is 1. The Morgan fingerprint density at radius 1 is 1.46 bits per heavy atom. The van der Waals surface area contributed by atoms with Crippen molar-refractivity contribution in [1.29, 1.82) is 0 Å². The van der Waals surface area contributed by atoms with Crippen LogP contribution >= 0.6 is 0 Å². The number of aliphatic hydroxyl groups excluding tert-OH is 1. The second-order valence-corrected chi connectivity index (χ2v) is 6.02. The Balaban J connectivity index is 1.71. The smallest absolute Gasteiger partial charge is 0.256 e. The van der Waals surface area contributed by atoms with Crippen LogP contribution in [0.5, 0.6) is 0 Å². The van der Waals surface area contributed by atoms with Crippen LogP contribution in [0, 0.1) is 0 Å². The van der Waals surface area contributed by atoms with E-state index in [0.717, 1.165) is 30.7 Å². The van der Waals surface area contributed by atoms with Crippen LogP contribution in [0.25, 0.3) is 0 Å². The molecule has 2 heterocycles. The minimum absolute atomic E-state index is 0.0569. The summed E-state index contributed by atoms with van der Waals surface area (Å²) in [7, 11) is 0. The summed E-state index contributed by atoms with van der Waals surface area (Å²) in [4.78, 5) is 18.7. The highest BCUT2D eigenvalue weighted by Crippen LogP contribution is 2.21. The number of rotatable bonds is 5. The molecule has 2 aromatic rings. The zero-order valence-electron chi connectivity index (χ0n) is 13.9. The maximum absolute atomic E-state index is 12.8. The van der Waals surface area contributed by atoms with Gasteiger partial charge in [0.2, 0.25) is 5.89 Å². The molecule has 0 aliphatic carbocycles.